The van der Waals surface area contributed by atoms with Crippen molar-refractivity contribution in [2.45, 2.75) is 43.9 Å². The van der Waals surface area contributed by atoms with E-state index in [1.165, 1.54) is 6.26 Å². The topological polar surface area (TPSA) is 84.3 Å². The smallest absolute Gasteiger partial charge is 0.244 e. The van der Waals surface area contributed by atoms with Crippen LogP contribution in [0.3, 0.4) is 0 Å². The molecule has 0 aliphatic carbocycles. The maximum atomic E-state index is 12.6. The van der Waals surface area contributed by atoms with Gasteiger partial charge >= 0.3 is 0 Å². The Hall–Kier alpha value is -2.19. The minimum atomic E-state index is -3.19. The van der Waals surface area contributed by atoms with Crippen molar-refractivity contribution in [2.24, 2.45) is 0 Å². The Morgan fingerprint density at radius 3 is 2.62 bits per heavy atom. The van der Waals surface area contributed by atoms with E-state index in [1.54, 1.807) is 24.7 Å². The second kappa shape index (κ2) is 7.20. The molecule has 1 unspecified atom stereocenters. The average Bonchev–Trinajstić information content (AvgIpc) is 3.01. The number of nitrogens with one attached hydrogen (secondary N) is 1. The molecule has 3 rings (SSSR count). The SMILES string of the molecule is CC(C)NC(=O)C1CN(Cc2ccc(S(C)(=O)=O)cc2)Cc2cncn21. The predicted octanol–water partition coefficient (Wildman–Crippen LogP) is 1.37. The number of hydrogen-bond acceptors (Lipinski definition) is 5. The lowest BCUT2D eigenvalue weighted by molar-refractivity contribution is -0.126. The molecular formula is C18H24N4O3S. The van der Waals surface area contributed by atoms with Crippen molar-refractivity contribution in [1.82, 2.24) is 19.8 Å². The number of benzene rings is 1. The Balaban J connectivity index is 1.76. The minimum absolute atomic E-state index is 0.0172. The molecule has 1 N–H and O–H groups in total. The van der Waals surface area contributed by atoms with E-state index in [4.69, 9.17) is 0 Å². The quantitative estimate of drug-likeness (QED) is 0.852. The molecule has 0 fully saturated rings. The largest absolute Gasteiger partial charge is 0.352 e. The van der Waals surface area contributed by atoms with Crippen molar-refractivity contribution in [3.8, 4) is 0 Å². The molecule has 26 heavy (non-hydrogen) atoms. The molecule has 0 saturated carbocycles. The van der Waals surface area contributed by atoms with Crippen LogP contribution in [0, 0.1) is 0 Å². The van der Waals surface area contributed by atoms with Gasteiger partial charge in [-0.15, -0.1) is 0 Å². The summed E-state index contributed by atoms with van der Waals surface area (Å²) in [5, 5.41) is 2.97. The Labute approximate surface area is 154 Å². The molecule has 0 radical (unpaired) electrons. The van der Waals surface area contributed by atoms with Gasteiger partial charge in [0.25, 0.3) is 0 Å². The van der Waals surface area contributed by atoms with Crippen LogP contribution in [-0.4, -0.2) is 47.6 Å². The standard InChI is InChI=1S/C18H24N4O3S/c1-13(2)20-18(23)17-11-21(10-15-8-19-12-22(15)17)9-14-4-6-16(7-5-14)26(3,24)25/h4-8,12-13,17H,9-11H2,1-3H3,(H,20,23). The lowest BCUT2D eigenvalue weighted by Gasteiger charge is -2.34. The third-order valence-electron chi connectivity index (χ3n) is 4.39. The highest BCUT2D eigenvalue weighted by atomic mass is 32.2. The Morgan fingerprint density at radius 2 is 2.00 bits per heavy atom. The van der Waals surface area contributed by atoms with Gasteiger partial charge in [0, 0.05) is 38.1 Å². The zero-order valence-corrected chi connectivity index (χ0v) is 16.0. The van der Waals surface area contributed by atoms with Crippen molar-refractivity contribution in [1.29, 1.82) is 0 Å². The Bertz CT molecular complexity index is 887. The van der Waals surface area contributed by atoms with Crippen molar-refractivity contribution in [2.75, 3.05) is 12.8 Å². The molecule has 0 bridgehead atoms. The second-order valence-corrected chi connectivity index (χ2v) is 9.07. The number of fused-ring (bicyclic) bond motifs is 1. The average molecular weight is 376 g/mol. The van der Waals surface area contributed by atoms with Gasteiger partial charge in [-0.25, -0.2) is 13.4 Å². The number of imidazole rings is 1. The number of rotatable bonds is 5. The summed E-state index contributed by atoms with van der Waals surface area (Å²) in [6.45, 7) is 5.79. The molecule has 0 saturated heterocycles. The predicted molar refractivity (Wildman–Crippen MR) is 98.2 cm³/mol. The fourth-order valence-corrected chi connectivity index (χ4v) is 3.80. The number of carbonyl (C=O) groups is 1. The lowest BCUT2D eigenvalue weighted by Crippen LogP contribution is -2.45. The van der Waals surface area contributed by atoms with Crippen LogP contribution in [0.5, 0.6) is 0 Å². The van der Waals surface area contributed by atoms with E-state index < -0.39 is 9.84 Å². The zero-order valence-electron chi connectivity index (χ0n) is 15.2. The summed E-state index contributed by atoms with van der Waals surface area (Å²) in [7, 11) is -3.19. The molecule has 2 heterocycles. The number of nitrogens with zero attached hydrogens (tertiary/aromatic N) is 3. The van der Waals surface area contributed by atoms with E-state index in [0.29, 0.717) is 24.5 Å². The monoisotopic (exact) mass is 376 g/mol. The first kappa shape index (κ1) is 18.6. The highest BCUT2D eigenvalue weighted by Crippen LogP contribution is 2.23. The normalized spacial score (nSPS) is 17.9. The van der Waals surface area contributed by atoms with Crippen LogP contribution in [0.1, 0.15) is 31.1 Å². The Morgan fingerprint density at radius 1 is 1.31 bits per heavy atom. The van der Waals surface area contributed by atoms with Crippen LogP contribution in [-0.2, 0) is 27.7 Å². The molecule has 0 spiro atoms. The Kier molecular flexibility index (Phi) is 5.15. The van der Waals surface area contributed by atoms with Gasteiger partial charge < -0.3 is 9.88 Å². The van der Waals surface area contributed by atoms with Crippen molar-refractivity contribution in [3.05, 3.63) is 48.0 Å². The first-order valence-electron chi connectivity index (χ1n) is 8.56. The van der Waals surface area contributed by atoms with Gasteiger partial charge in [0.15, 0.2) is 9.84 Å². The molecule has 1 atom stereocenters. The third-order valence-corrected chi connectivity index (χ3v) is 5.52. The summed E-state index contributed by atoms with van der Waals surface area (Å²) >= 11 is 0. The summed E-state index contributed by atoms with van der Waals surface area (Å²) in [5.74, 6) is -0.0172. The molecule has 8 heteroatoms. The van der Waals surface area contributed by atoms with Crippen molar-refractivity contribution >= 4 is 15.7 Å². The highest BCUT2D eigenvalue weighted by molar-refractivity contribution is 7.90. The van der Waals surface area contributed by atoms with Crippen LogP contribution in [0.25, 0.3) is 0 Å². The van der Waals surface area contributed by atoms with Gasteiger partial charge in [-0.3, -0.25) is 9.69 Å². The number of sulfone groups is 1. The fourth-order valence-electron chi connectivity index (χ4n) is 3.17. The van der Waals surface area contributed by atoms with Crippen LogP contribution in [0.4, 0.5) is 0 Å². The number of hydrogen-bond donors (Lipinski definition) is 1. The van der Waals surface area contributed by atoms with Gasteiger partial charge in [-0.05, 0) is 31.5 Å². The molecule has 140 valence electrons. The number of amides is 1. The lowest BCUT2D eigenvalue weighted by atomic mass is 10.1. The van der Waals surface area contributed by atoms with Gasteiger partial charge in [0.1, 0.15) is 6.04 Å². The fraction of sp³-hybridized carbons (Fsp3) is 0.444. The molecular weight excluding hydrogens is 352 g/mol. The van der Waals surface area contributed by atoms with Crippen LogP contribution in [0.15, 0.2) is 41.7 Å². The summed E-state index contributed by atoms with van der Waals surface area (Å²) in [6.07, 6.45) is 4.69. The molecule has 1 aromatic carbocycles. The van der Waals surface area contributed by atoms with Crippen LogP contribution < -0.4 is 5.32 Å². The van der Waals surface area contributed by atoms with Gasteiger partial charge in [-0.2, -0.15) is 0 Å². The van der Waals surface area contributed by atoms with Crippen molar-refractivity contribution in [3.63, 3.8) is 0 Å². The molecule has 2 aromatic rings. The van der Waals surface area contributed by atoms with Gasteiger partial charge in [0.2, 0.25) is 5.91 Å². The molecule has 1 aliphatic rings. The van der Waals surface area contributed by atoms with Crippen LogP contribution >= 0.6 is 0 Å². The zero-order chi connectivity index (χ0) is 18.9. The molecule has 7 nitrogen and oxygen atoms in total. The van der Waals surface area contributed by atoms with E-state index in [0.717, 1.165) is 11.3 Å². The van der Waals surface area contributed by atoms with E-state index >= 15 is 0 Å². The number of aromatic nitrogens is 2. The summed E-state index contributed by atoms with van der Waals surface area (Å²) in [6, 6.07) is 6.66. The minimum Gasteiger partial charge on any atom is -0.352 e. The van der Waals surface area contributed by atoms with Crippen molar-refractivity contribution < 1.29 is 13.2 Å². The summed E-state index contributed by atoms with van der Waals surface area (Å²) < 4.78 is 25.1. The highest BCUT2D eigenvalue weighted by Gasteiger charge is 2.30. The molecule has 1 aliphatic heterocycles. The third kappa shape index (κ3) is 4.13. The van der Waals surface area contributed by atoms with E-state index in [1.807, 2.05) is 30.5 Å². The van der Waals surface area contributed by atoms with Gasteiger partial charge in [-0.1, -0.05) is 12.1 Å². The summed E-state index contributed by atoms with van der Waals surface area (Å²) in [4.78, 5) is 19.2. The van der Waals surface area contributed by atoms with Crippen LogP contribution in [0.2, 0.25) is 0 Å². The second-order valence-electron chi connectivity index (χ2n) is 7.06. The molecule has 1 aromatic heterocycles. The van der Waals surface area contributed by atoms with E-state index in [9.17, 15) is 13.2 Å². The van der Waals surface area contributed by atoms with E-state index in [-0.39, 0.29) is 18.0 Å². The van der Waals surface area contributed by atoms with E-state index in [2.05, 4.69) is 15.2 Å². The number of carbonyl (C=O) groups excluding carboxylic acids is 1. The maximum Gasteiger partial charge on any atom is 0.244 e. The first-order valence-corrected chi connectivity index (χ1v) is 10.5. The molecule has 1 amide bonds. The van der Waals surface area contributed by atoms with Gasteiger partial charge in [0.05, 0.1) is 16.9 Å². The first-order chi connectivity index (χ1) is 12.2. The summed E-state index contributed by atoms with van der Waals surface area (Å²) in [5.41, 5.74) is 2.00. The maximum absolute atomic E-state index is 12.6.